The molecular formula is B14. The highest BCUT2D eigenvalue weighted by Gasteiger charge is 2.33. The van der Waals surface area contributed by atoms with Gasteiger partial charge in [0.2, 0.25) is 0 Å². The Morgan fingerprint density at radius 1 is 0.429 bits per heavy atom. The Kier molecular flexibility index (Phi) is 6.90. The van der Waals surface area contributed by atoms with Crippen LogP contribution in [0.25, 0.3) is 0 Å². The third-order valence-electron chi connectivity index (χ3n) is 2.22. The van der Waals surface area contributed by atoms with Crippen molar-refractivity contribution in [3.8, 4) is 0 Å². The van der Waals surface area contributed by atoms with E-state index in [1.54, 1.807) is 0 Å². The maximum atomic E-state index is 5.76. The normalized spacial score (nSPS) is 8.86. The van der Waals surface area contributed by atoms with Crippen LogP contribution >= 0.6 is 0 Å². The van der Waals surface area contributed by atoms with Gasteiger partial charge in [-0.05, 0) is 0 Å². The van der Waals surface area contributed by atoms with Crippen molar-refractivity contribution in [2.24, 2.45) is 0 Å². The van der Waals surface area contributed by atoms with E-state index in [2.05, 4.69) is 0 Å². The molecule has 42 valence electrons. The van der Waals surface area contributed by atoms with Crippen LogP contribution in [0.1, 0.15) is 0 Å². The van der Waals surface area contributed by atoms with Crippen molar-refractivity contribution < 1.29 is 0 Å². The molecule has 0 aliphatic heterocycles. The minimum Gasteiger partial charge on any atom is 0 e. The van der Waals surface area contributed by atoms with Gasteiger partial charge >= 0.3 is 0 Å². The zero-order valence-corrected chi connectivity index (χ0v) is 8.08. The molecule has 0 saturated heterocycles. The Balaban J connectivity index is 4.51. The van der Waals surface area contributed by atoms with E-state index >= 15 is 0 Å². The lowest BCUT2D eigenvalue weighted by Crippen LogP contribution is -2.70. The molecule has 0 heterocycles. The number of rotatable bonds is 5. The minimum absolute atomic E-state index is 0.528. The first-order valence-electron chi connectivity index (χ1n) is 4.33. The average molecular weight is 151 g/mol. The van der Waals surface area contributed by atoms with Gasteiger partial charge in [0.1, 0.15) is 0 Å². The Morgan fingerprint density at radius 2 is 0.786 bits per heavy atom. The van der Waals surface area contributed by atoms with Gasteiger partial charge in [-0.2, -0.15) is 0 Å². The third-order valence-corrected chi connectivity index (χ3v) is 2.22. The van der Waals surface area contributed by atoms with E-state index in [4.69, 9.17) is 61.9 Å². The van der Waals surface area contributed by atoms with Gasteiger partial charge in [-0.1, -0.05) is 0 Å². The molecule has 0 N–H and O–H groups in total. The van der Waals surface area contributed by atoms with E-state index in [-0.39, 0.29) is 0 Å². The largest absolute Gasteiger partial charge is 0 e. The van der Waals surface area contributed by atoms with Crippen molar-refractivity contribution in [1.29, 1.82) is 0 Å². The maximum Gasteiger partial charge on any atom is 0 e. The summed E-state index contributed by atoms with van der Waals surface area (Å²) in [5.74, 6) is 0. The molecule has 14 heteroatoms. The van der Waals surface area contributed by atoms with Crippen molar-refractivity contribution in [2.75, 3.05) is 0 Å². The van der Waals surface area contributed by atoms with Gasteiger partial charge in [0.05, 0.1) is 0 Å². The Labute approximate surface area is 100 Å². The quantitative estimate of drug-likeness (QED) is 0.344. The summed E-state index contributed by atoms with van der Waals surface area (Å²) in [6.07, 6.45) is -4.08. The first-order chi connectivity index (χ1) is 6.29. The van der Waals surface area contributed by atoms with Crippen LogP contribution in [0.15, 0.2) is 0 Å². The van der Waals surface area contributed by atoms with Crippen molar-refractivity contribution in [3.63, 3.8) is 0 Å². The molecule has 0 aliphatic carbocycles. The highest BCUT2D eigenvalue weighted by Crippen LogP contribution is 1.95. The molecule has 0 amide bonds. The van der Waals surface area contributed by atoms with E-state index in [0.717, 1.165) is 0 Å². The van der Waals surface area contributed by atoms with Crippen LogP contribution in [0.3, 0.4) is 0 Å². The highest BCUT2D eigenvalue weighted by atomic mass is 13.1. The van der Waals surface area contributed by atoms with E-state index in [1.807, 2.05) is 0 Å². The fourth-order valence-corrected chi connectivity index (χ4v) is 1.28. The molecule has 0 fully saturated rings. The summed E-state index contributed by atoms with van der Waals surface area (Å²) in [5.41, 5.74) is 0. The first kappa shape index (κ1) is 14.9. The smallest absolute Gasteiger partial charge is 0 e. The predicted molar refractivity (Wildman–Crippen MR) is 80.6 cm³/mol. The monoisotopic (exact) mass is 154 g/mol. The van der Waals surface area contributed by atoms with Crippen molar-refractivity contribution in [3.05, 3.63) is 0 Å². The van der Waals surface area contributed by atoms with Gasteiger partial charge in [0.25, 0.3) is 0 Å². The summed E-state index contributed by atoms with van der Waals surface area (Å²) in [4.78, 5) is 0. The summed E-state index contributed by atoms with van der Waals surface area (Å²) in [5, 5.41) is 0. The molecule has 0 aliphatic rings. The second kappa shape index (κ2) is 6.48. The van der Waals surface area contributed by atoms with Gasteiger partial charge < -0.3 is 0 Å². The first-order valence-corrected chi connectivity index (χ1v) is 4.33. The fourth-order valence-electron chi connectivity index (χ4n) is 1.28. The van der Waals surface area contributed by atoms with Gasteiger partial charge in [-0.15, -0.1) is 0 Å². The lowest BCUT2D eigenvalue weighted by Gasteiger charge is -2.32. The zero-order valence-electron chi connectivity index (χ0n) is 8.08. The van der Waals surface area contributed by atoms with Gasteiger partial charge in [0, 0.05) is 100 Å². The molecule has 0 atom stereocenters. The van der Waals surface area contributed by atoms with Crippen LogP contribution in [0, 0.1) is 0 Å². The topological polar surface area (TPSA) is 0 Å². The number of hydrogen-bond donors (Lipinski definition) is 0. The number of hydrogen-bond acceptors (Lipinski definition) is 0. The molecule has 16 radical (unpaired) electrons. The SMILES string of the molecule is [B]B([B])B([B])B([B])B(B([B])[B])B([B])[B]. The highest BCUT2D eigenvalue weighted by molar-refractivity contribution is 8.08. The van der Waals surface area contributed by atoms with Crippen LogP contribution in [-0.2, 0) is 0 Å². The molecular weight excluding hydrogens is 151 g/mol. The van der Waals surface area contributed by atoms with E-state index in [9.17, 15) is 0 Å². The second-order valence-corrected chi connectivity index (χ2v) is 3.46. The molecule has 0 bridgehead atoms. The van der Waals surface area contributed by atoms with Crippen LogP contribution in [0.5, 0.6) is 0 Å². The molecule has 14 heavy (non-hydrogen) atoms. The van der Waals surface area contributed by atoms with Crippen LogP contribution in [-0.4, -0.2) is 100 Å². The van der Waals surface area contributed by atoms with Crippen LogP contribution in [0.4, 0.5) is 0 Å². The summed E-state index contributed by atoms with van der Waals surface area (Å²) in [7, 11) is 44.1. The predicted octanol–water partition coefficient (Wildman–Crippen LogP) is -5.33. The Morgan fingerprint density at radius 3 is 1.00 bits per heavy atom. The fraction of sp³-hybridized carbons (Fsp3) is 0. The Bertz CT molecular complexity index is 136. The summed E-state index contributed by atoms with van der Waals surface area (Å²) in [6, 6.07) is 0. The average Bonchev–Trinajstić information content (AvgIpc) is 2.01. The van der Waals surface area contributed by atoms with E-state index in [0.29, 0.717) is 0 Å². The van der Waals surface area contributed by atoms with Crippen molar-refractivity contribution in [1.82, 2.24) is 0 Å². The molecule has 0 rings (SSSR count). The maximum absolute atomic E-state index is 5.76. The minimum atomic E-state index is -0.759. The summed E-state index contributed by atoms with van der Waals surface area (Å²) < 4.78 is 0. The zero-order chi connectivity index (χ0) is 11.5. The van der Waals surface area contributed by atoms with E-state index < -0.39 is 38.3 Å². The van der Waals surface area contributed by atoms with Crippen LogP contribution in [0.2, 0.25) is 0 Å². The second-order valence-electron chi connectivity index (χ2n) is 3.46. The standard InChI is InChI=1S/B14/c1-9(2)12(7)13(8)14(10(3)4)11(5)6. The van der Waals surface area contributed by atoms with Gasteiger partial charge in [0.15, 0.2) is 0 Å². The molecule has 0 unspecified atom stereocenters. The van der Waals surface area contributed by atoms with Crippen molar-refractivity contribution >= 4 is 100 Å². The third kappa shape index (κ3) is 4.19. The lowest BCUT2D eigenvalue weighted by atomic mass is 8.49. The lowest BCUT2D eigenvalue weighted by molar-refractivity contribution is 3.44. The van der Waals surface area contributed by atoms with Gasteiger partial charge in [-0.25, -0.2) is 0 Å². The molecule has 0 aromatic rings. The molecule has 0 saturated carbocycles. The van der Waals surface area contributed by atoms with Crippen LogP contribution < -0.4 is 0 Å². The van der Waals surface area contributed by atoms with Gasteiger partial charge in [-0.3, -0.25) is 0 Å². The molecule has 0 spiro atoms. The van der Waals surface area contributed by atoms with Crippen molar-refractivity contribution in [2.45, 2.75) is 0 Å². The van der Waals surface area contributed by atoms with E-state index in [1.165, 1.54) is 0 Å². The summed E-state index contributed by atoms with van der Waals surface area (Å²) >= 11 is 0. The molecule has 0 aromatic carbocycles. The summed E-state index contributed by atoms with van der Waals surface area (Å²) in [6.45, 7) is 0. The molecule has 0 nitrogen and oxygen atoms in total. The Hall–Kier alpha value is 0.909. The molecule has 0 aromatic heterocycles.